The largest absolute Gasteiger partial charge is 0.494 e. The van der Waals surface area contributed by atoms with Crippen molar-refractivity contribution in [1.29, 1.82) is 0 Å². The number of ketones is 1. The predicted molar refractivity (Wildman–Crippen MR) is 181 cm³/mol. The average molecular weight is 628 g/mol. The molecular formula is C39H37N3O5. The first-order valence-corrected chi connectivity index (χ1v) is 15.5. The number of nitrogens with zero attached hydrogens (tertiary/aromatic N) is 2. The van der Waals surface area contributed by atoms with Crippen LogP contribution in [0.25, 0.3) is 0 Å². The zero-order valence-electron chi connectivity index (χ0n) is 26.3. The summed E-state index contributed by atoms with van der Waals surface area (Å²) < 4.78 is 11.1. The molecule has 8 heteroatoms. The first-order valence-electron chi connectivity index (χ1n) is 15.5. The standard InChI is InChI=1S/C39H37N3O5/c1-46-39(45)36(41-35-18-9-8-17-34(35)37(43)31-14-6-3-7-15-31)26-29-19-21-33(22-20-29)47-25-11-24-42(28-30-12-4-2-5-13-30)38(44)32-16-10-23-40-27-32/h2-10,12-23,27,36,41H,11,24-26,28H2,1H3/t36-/m0/s1. The summed E-state index contributed by atoms with van der Waals surface area (Å²) in [6.45, 7) is 1.43. The molecule has 0 bridgehead atoms. The molecule has 0 radical (unpaired) electrons. The number of hydrogen-bond acceptors (Lipinski definition) is 7. The fourth-order valence-electron chi connectivity index (χ4n) is 5.21. The fraction of sp³-hybridized carbons (Fsp3) is 0.179. The quantitative estimate of drug-likeness (QED) is 0.0792. The van der Waals surface area contributed by atoms with Crippen LogP contribution in [0.15, 0.2) is 134 Å². The Morgan fingerprint density at radius 3 is 2.15 bits per heavy atom. The second-order valence-corrected chi connectivity index (χ2v) is 11.0. The van der Waals surface area contributed by atoms with Crippen LogP contribution in [0.3, 0.4) is 0 Å². The van der Waals surface area contributed by atoms with E-state index in [0.29, 0.717) is 60.7 Å². The van der Waals surface area contributed by atoms with Gasteiger partial charge in [0.1, 0.15) is 11.8 Å². The number of amides is 1. The van der Waals surface area contributed by atoms with Crippen LogP contribution in [0.2, 0.25) is 0 Å². The number of methoxy groups -OCH3 is 1. The lowest BCUT2D eigenvalue weighted by molar-refractivity contribution is -0.141. The molecule has 1 heterocycles. The lowest BCUT2D eigenvalue weighted by Crippen LogP contribution is -2.33. The summed E-state index contributed by atoms with van der Waals surface area (Å²) in [4.78, 5) is 45.2. The maximum Gasteiger partial charge on any atom is 0.328 e. The third-order valence-electron chi connectivity index (χ3n) is 7.64. The van der Waals surface area contributed by atoms with Gasteiger partial charge < -0.3 is 19.7 Å². The van der Waals surface area contributed by atoms with E-state index < -0.39 is 12.0 Å². The Bertz CT molecular complexity index is 1750. The van der Waals surface area contributed by atoms with Crippen molar-refractivity contribution < 1.29 is 23.9 Å². The molecule has 0 saturated heterocycles. The smallest absolute Gasteiger partial charge is 0.328 e. The molecule has 47 heavy (non-hydrogen) atoms. The zero-order chi connectivity index (χ0) is 32.8. The summed E-state index contributed by atoms with van der Waals surface area (Å²) in [7, 11) is 1.35. The Balaban J connectivity index is 1.18. The molecule has 5 rings (SSSR count). The summed E-state index contributed by atoms with van der Waals surface area (Å²) in [5, 5.41) is 3.24. The van der Waals surface area contributed by atoms with E-state index in [1.807, 2.05) is 83.8 Å². The van der Waals surface area contributed by atoms with E-state index in [1.54, 1.807) is 54.9 Å². The molecule has 1 aromatic heterocycles. The number of para-hydroxylation sites is 1. The molecule has 0 aliphatic rings. The van der Waals surface area contributed by atoms with Crippen molar-refractivity contribution in [2.24, 2.45) is 0 Å². The Morgan fingerprint density at radius 1 is 0.766 bits per heavy atom. The van der Waals surface area contributed by atoms with Crippen LogP contribution in [0.4, 0.5) is 5.69 Å². The Hall–Kier alpha value is -5.76. The lowest BCUT2D eigenvalue weighted by atomic mass is 10.00. The molecule has 0 saturated carbocycles. The van der Waals surface area contributed by atoms with E-state index in [-0.39, 0.29) is 11.7 Å². The summed E-state index contributed by atoms with van der Waals surface area (Å²) in [5.41, 5.74) is 4.08. The van der Waals surface area contributed by atoms with Gasteiger partial charge in [0, 0.05) is 48.7 Å². The SMILES string of the molecule is COC(=O)[C@H](Cc1ccc(OCCCN(Cc2ccccc2)C(=O)c2cccnc2)cc1)Nc1ccccc1C(=O)c1ccccc1. The first kappa shape index (κ1) is 32.6. The van der Waals surface area contributed by atoms with E-state index in [1.165, 1.54) is 7.11 Å². The topological polar surface area (TPSA) is 97.8 Å². The van der Waals surface area contributed by atoms with Crippen molar-refractivity contribution in [3.63, 3.8) is 0 Å². The van der Waals surface area contributed by atoms with Crippen molar-refractivity contribution in [2.45, 2.75) is 25.4 Å². The van der Waals surface area contributed by atoms with Crippen LogP contribution in [0, 0.1) is 0 Å². The van der Waals surface area contributed by atoms with E-state index in [9.17, 15) is 14.4 Å². The molecule has 238 valence electrons. The van der Waals surface area contributed by atoms with Crippen LogP contribution < -0.4 is 10.1 Å². The number of nitrogens with one attached hydrogen (secondary N) is 1. The minimum Gasteiger partial charge on any atom is -0.494 e. The van der Waals surface area contributed by atoms with Crippen LogP contribution in [0.1, 0.15) is 43.8 Å². The number of benzene rings is 4. The van der Waals surface area contributed by atoms with Gasteiger partial charge in [-0.2, -0.15) is 0 Å². The predicted octanol–water partition coefficient (Wildman–Crippen LogP) is 6.62. The van der Waals surface area contributed by atoms with Gasteiger partial charge in [0.05, 0.1) is 19.3 Å². The minimum absolute atomic E-state index is 0.0767. The van der Waals surface area contributed by atoms with Crippen molar-refractivity contribution in [2.75, 3.05) is 25.6 Å². The average Bonchev–Trinajstić information content (AvgIpc) is 3.13. The molecule has 1 amide bonds. The third-order valence-corrected chi connectivity index (χ3v) is 7.64. The molecule has 1 atom stereocenters. The number of rotatable bonds is 15. The van der Waals surface area contributed by atoms with Crippen molar-refractivity contribution in [3.05, 3.63) is 162 Å². The Kier molecular flexibility index (Phi) is 11.5. The highest BCUT2D eigenvalue weighted by Gasteiger charge is 2.23. The van der Waals surface area contributed by atoms with E-state index in [2.05, 4.69) is 10.3 Å². The molecule has 0 aliphatic heterocycles. The van der Waals surface area contributed by atoms with Gasteiger partial charge in [0.2, 0.25) is 0 Å². The van der Waals surface area contributed by atoms with Gasteiger partial charge in [-0.3, -0.25) is 14.6 Å². The highest BCUT2D eigenvalue weighted by molar-refractivity contribution is 6.12. The van der Waals surface area contributed by atoms with Gasteiger partial charge in [-0.1, -0.05) is 84.9 Å². The van der Waals surface area contributed by atoms with Crippen LogP contribution in [0.5, 0.6) is 5.75 Å². The highest BCUT2D eigenvalue weighted by atomic mass is 16.5. The summed E-state index contributed by atoms with van der Waals surface area (Å²) >= 11 is 0. The first-order chi connectivity index (χ1) is 23.0. The number of anilines is 1. The van der Waals surface area contributed by atoms with Crippen molar-refractivity contribution in [3.8, 4) is 5.75 Å². The molecular weight excluding hydrogens is 590 g/mol. The van der Waals surface area contributed by atoms with Crippen molar-refractivity contribution in [1.82, 2.24) is 9.88 Å². The third kappa shape index (κ3) is 9.14. The Morgan fingerprint density at radius 2 is 1.45 bits per heavy atom. The number of hydrogen-bond donors (Lipinski definition) is 1. The van der Waals surface area contributed by atoms with Gasteiger partial charge in [0.25, 0.3) is 5.91 Å². The number of aromatic nitrogens is 1. The molecule has 5 aromatic rings. The van der Waals surface area contributed by atoms with Gasteiger partial charge in [-0.15, -0.1) is 0 Å². The summed E-state index contributed by atoms with van der Waals surface area (Å²) in [6.07, 6.45) is 4.21. The van der Waals surface area contributed by atoms with Gasteiger partial charge >= 0.3 is 5.97 Å². The van der Waals surface area contributed by atoms with Gasteiger partial charge in [-0.05, 0) is 53.9 Å². The number of esters is 1. The fourth-order valence-corrected chi connectivity index (χ4v) is 5.21. The lowest BCUT2D eigenvalue weighted by Gasteiger charge is -2.23. The molecule has 0 spiro atoms. The number of carbonyl (C=O) groups excluding carboxylic acids is 3. The summed E-state index contributed by atoms with van der Waals surface area (Å²) in [6, 6.07) is 36.4. The van der Waals surface area contributed by atoms with Crippen LogP contribution in [-0.4, -0.2) is 53.8 Å². The van der Waals surface area contributed by atoms with Gasteiger partial charge in [-0.25, -0.2) is 4.79 Å². The van der Waals surface area contributed by atoms with E-state index in [4.69, 9.17) is 9.47 Å². The van der Waals surface area contributed by atoms with Crippen LogP contribution in [-0.2, 0) is 22.5 Å². The number of ether oxygens (including phenoxy) is 2. The van der Waals surface area contributed by atoms with Crippen molar-refractivity contribution >= 4 is 23.3 Å². The maximum atomic E-state index is 13.2. The second kappa shape index (κ2) is 16.5. The number of carbonyl (C=O) groups is 3. The molecule has 0 fully saturated rings. The highest BCUT2D eigenvalue weighted by Crippen LogP contribution is 2.22. The second-order valence-electron chi connectivity index (χ2n) is 11.0. The molecule has 1 N–H and O–H groups in total. The van der Waals surface area contributed by atoms with Gasteiger partial charge in [0.15, 0.2) is 5.78 Å². The maximum absolute atomic E-state index is 13.2. The summed E-state index contributed by atoms with van der Waals surface area (Å²) in [5.74, 6) is 0.0343. The number of pyridine rings is 1. The minimum atomic E-state index is -0.718. The van der Waals surface area contributed by atoms with E-state index >= 15 is 0 Å². The monoisotopic (exact) mass is 627 g/mol. The normalized spacial score (nSPS) is 11.3. The molecule has 4 aromatic carbocycles. The van der Waals surface area contributed by atoms with E-state index in [0.717, 1.165) is 11.1 Å². The van der Waals surface area contributed by atoms with Crippen LogP contribution >= 0.6 is 0 Å². The zero-order valence-corrected chi connectivity index (χ0v) is 26.3. The molecule has 8 nitrogen and oxygen atoms in total. The molecule has 0 unspecified atom stereocenters. The Labute approximate surface area is 275 Å². The molecule has 0 aliphatic carbocycles.